The van der Waals surface area contributed by atoms with Crippen LogP contribution in [-0.2, 0) is 10.0 Å². The first-order chi connectivity index (χ1) is 8.36. The maximum absolute atomic E-state index is 12.0. The van der Waals surface area contributed by atoms with E-state index in [0.717, 1.165) is 6.20 Å². The smallest absolute Gasteiger partial charge is 0.242 e. The molecule has 1 atom stereocenters. The molecule has 0 aliphatic carbocycles. The molecule has 1 heterocycles. The maximum Gasteiger partial charge on any atom is 0.242 e. The first-order valence-corrected chi connectivity index (χ1v) is 7.55. The molecule has 0 aromatic carbocycles. The Labute approximate surface area is 116 Å². The van der Waals surface area contributed by atoms with E-state index in [1.54, 1.807) is 6.92 Å². The van der Waals surface area contributed by atoms with Crippen molar-refractivity contribution in [2.24, 2.45) is 0 Å². The van der Waals surface area contributed by atoms with E-state index < -0.39 is 10.0 Å². The first-order valence-electron chi connectivity index (χ1n) is 5.31. The number of halogens is 2. The van der Waals surface area contributed by atoms with Gasteiger partial charge in [0.1, 0.15) is 10.0 Å². The molecule has 0 saturated carbocycles. The van der Waals surface area contributed by atoms with Gasteiger partial charge in [0.05, 0.1) is 5.02 Å². The molecular weight excluding hydrogens is 299 g/mol. The topological polar surface area (TPSA) is 79.3 Å². The van der Waals surface area contributed by atoms with Crippen LogP contribution in [-0.4, -0.2) is 31.2 Å². The molecule has 0 aliphatic heterocycles. The minimum absolute atomic E-state index is 0.0282. The number of pyridine rings is 1. The highest BCUT2D eigenvalue weighted by Gasteiger charge is 2.18. The van der Waals surface area contributed by atoms with Gasteiger partial charge in [-0.05, 0) is 25.8 Å². The highest BCUT2D eigenvalue weighted by atomic mass is 35.5. The lowest BCUT2D eigenvalue weighted by Crippen LogP contribution is -2.32. The first kappa shape index (κ1) is 15.7. The van der Waals surface area contributed by atoms with Crippen LogP contribution in [0, 0.1) is 0 Å². The summed E-state index contributed by atoms with van der Waals surface area (Å²) in [6, 6.07) is 0.967. The van der Waals surface area contributed by atoms with E-state index in [4.69, 9.17) is 28.3 Å². The predicted molar refractivity (Wildman–Crippen MR) is 70.4 cm³/mol. The van der Waals surface area contributed by atoms with Crippen LogP contribution in [0.15, 0.2) is 17.2 Å². The van der Waals surface area contributed by atoms with Gasteiger partial charge in [-0.3, -0.25) is 0 Å². The van der Waals surface area contributed by atoms with Gasteiger partial charge in [0.25, 0.3) is 0 Å². The molecule has 5 nitrogen and oxygen atoms in total. The SMILES string of the molecule is CC(CCCO)NS(=O)(=O)c1cnc(Cl)c(Cl)c1. The molecule has 1 rings (SSSR count). The number of hydrogen-bond donors (Lipinski definition) is 2. The van der Waals surface area contributed by atoms with Crippen LogP contribution < -0.4 is 4.72 Å². The standard InChI is InChI=1S/C10H14Cl2N2O3S/c1-7(3-2-4-15)14-18(16,17)8-5-9(11)10(12)13-6-8/h5-7,14-15H,2-4H2,1H3. The van der Waals surface area contributed by atoms with Gasteiger partial charge in [0, 0.05) is 18.8 Å². The highest BCUT2D eigenvalue weighted by Crippen LogP contribution is 2.22. The van der Waals surface area contributed by atoms with Crippen molar-refractivity contribution in [2.45, 2.75) is 30.7 Å². The third-order valence-electron chi connectivity index (χ3n) is 2.23. The summed E-state index contributed by atoms with van der Waals surface area (Å²) in [5, 5.41) is 8.82. The lowest BCUT2D eigenvalue weighted by Gasteiger charge is -2.13. The fraction of sp³-hybridized carbons (Fsp3) is 0.500. The quantitative estimate of drug-likeness (QED) is 0.785. The molecule has 1 unspecified atom stereocenters. The Kier molecular flexibility index (Phi) is 5.81. The molecule has 0 fully saturated rings. The molecule has 0 saturated heterocycles. The summed E-state index contributed by atoms with van der Waals surface area (Å²) in [7, 11) is -3.67. The van der Waals surface area contributed by atoms with Gasteiger partial charge < -0.3 is 5.11 Å². The van der Waals surface area contributed by atoms with Crippen molar-refractivity contribution >= 4 is 33.2 Å². The van der Waals surface area contributed by atoms with Crippen LogP contribution in [0.5, 0.6) is 0 Å². The molecule has 0 aliphatic rings. The number of nitrogens with one attached hydrogen (secondary N) is 1. The van der Waals surface area contributed by atoms with Gasteiger partial charge in [-0.15, -0.1) is 0 Å². The summed E-state index contributed by atoms with van der Waals surface area (Å²) in [6.07, 6.45) is 2.23. The normalized spacial score (nSPS) is 13.6. The molecule has 0 spiro atoms. The zero-order valence-electron chi connectivity index (χ0n) is 9.73. The van der Waals surface area contributed by atoms with Gasteiger partial charge in [-0.1, -0.05) is 23.2 Å². The van der Waals surface area contributed by atoms with Crippen LogP contribution in [0.1, 0.15) is 19.8 Å². The monoisotopic (exact) mass is 312 g/mol. The van der Waals surface area contributed by atoms with Crippen molar-refractivity contribution in [1.82, 2.24) is 9.71 Å². The molecule has 18 heavy (non-hydrogen) atoms. The molecule has 0 amide bonds. The van der Waals surface area contributed by atoms with Crippen LogP contribution in [0.2, 0.25) is 10.2 Å². The summed E-state index contributed by atoms with van der Waals surface area (Å²) in [6.45, 7) is 1.75. The Morgan fingerprint density at radius 3 is 2.72 bits per heavy atom. The highest BCUT2D eigenvalue weighted by molar-refractivity contribution is 7.89. The number of nitrogens with zero attached hydrogens (tertiary/aromatic N) is 1. The lowest BCUT2D eigenvalue weighted by molar-refractivity contribution is 0.279. The second kappa shape index (κ2) is 6.68. The van der Waals surface area contributed by atoms with E-state index in [9.17, 15) is 8.42 Å². The minimum Gasteiger partial charge on any atom is -0.396 e. The van der Waals surface area contributed by atoms with Crippen molar-refractivity contribution in [2.75, 3.05) is 6.61 Å². The van der Waals surface area contributed by atoms with Gasteiger partial charge >= 0.3 is 0 Å². The van der Waals surface area contributed by atoms with E-state index in [1.165, 1.54) is 6.07 Å². The number of aliphatic hydroxyl groups is 1. The van der Waals surface area contributed by atoms with Crippen LogP contribution in [0.25, 0.3) is 0 Å². The number of sulfonamides is 1. The van der Waals surface area contributed by atoms with Gasteiger partial charge in [0.15, 0.2) is 0 Å². The summed E-state index contributed by atoms with van der Waals surface area (Å²) < 4.78 is 26.4. The largest absolute Gasteiger partial charge is 0.396 e. The zero-order valence-corrected chi connectivity index (χ0v) is 12.1. The van der Waals surface area contributed by atoms with Crippen molar-refractivity contribution in [3.8, 4) is 0 Å². The van der Waals surface area contributed by atoms with Gasteiger partial charge in [0.2, 0.25) is 10.0 Å². The molecule has 2 N–H and O–H groups in total. The van der Waals surface area contributed by atoms with E-state index in [1.807, 2.05) is 0 Å². The van der Waals surface area contributed by atoms with E-state index in [2.05, 4.69) is 9.71 Å². The molecule has 1 aromatic heterocycles. The maximum atomic E-state index is 12.0. The fourth-order valence-electron chi connectivity index (χ4n) is 1.34. The Balaban J connectivity index is 2.83. The van der Waals surface area contributed by atoms with Gasteiger partial charge in [-0.25, -0.2) is 18.1 Å². The molecular formula is C10H14Cl2N2O3S. The molecule has 0 radical (unpaired) electrons. The number of aromatic nitrogens is 1. The molecule has 0 bridgehead atoms. The zero-order chi connectivity index (χ0) is 13.8. The molecule has 8 heteroatoms. The Bertz CT molecular complexity index is 508. The average molecular weight is 313 g/mol. The number of aliphatic hydroxyl groups excluding tert-OH is 1. The van der Waals surface area contributed by atoms with E-state index in [0.29, 0.717) is 12.8 Å². The summed E-state index contributed by atoms with van der Waals surface area (Å²) in [5.41, 5.74) is 0. The van der Waals surface area contributed by atoms with Crippen molar-refractivity contribution < 1.29 is 13.5 Å². The van der Waals surface area contributed by atoms with Crippen molar-refractivity contribution in [3.63, 3.8) is 0 Å². The van der Waals surface area contributed by atoms with Gasteiger partial charge in [-0.2, -0.15) is 0 Å². The summed E-state index contributed by atoms with van der Waals surface area (Å²) >= 11 is 11.3. The van der Waals surface area contributed by atoms with E-state index >= 15 is 0 Å². The molecule has 102 valence electrons. The second-order valence-electron chi connectivity index (χ2n) is 3.83. The van der Waals surface area contributed by atoms with Crippen molar-refractivity contribution in [1.29, 1.82) is 0 Å². The third kappa shape index (κ3) is 4.37. The molecule has 1 aromatic rings. The predicted octanol–water partition coefficient (Wildman–Crippen LogP) is 1.83. The fourth-order valence-corrected chi connectivity index (χ4v) is 2.92. The van der Waals surface area contributed by atoms with E-state index in [-0.39, 0.29) is 27.7 Å². The lowest BCUT2D eigenvalue weighted by atomic mass is 10.2. The minimum atomic E-state index is -3.67. The summed E-state index contributed by atoms with van der Waals surface area (Å²) in [4.78, 5) is 3.65. The average Bonchev–Trinajstić information content (AvgIpc) is 2.29. The Morgan fingerprint density at radius 1 is 1.50 bits per heavy atom. The number of hydrogen-bond acceptors (Lipinski definition) is 4. The Hall–Kier alpha value is -0.400. The number of rotatable bonds is 6. The third-order valence-corrected chi connectivity index (χ3v) is 4.48. The van der Waals surface area contributed by atoms with Crippen LogP contribution >= 0.6 is 23.2 Å². The second-order valence-corrected chi connectivity index (χ2v) is 6.31. The van der Waals surface area contributed by atoms with Crippen LogP contribution in [0.3, 0.4) is 0 Å². The Morgan fingerprint density at radius 2 is 2.17 bits per heavy atom. The van der Waals surface area contributed by atoms with Crippen LogP contribution in [0.4, 0.5) is 0 Å². The summed E-state index contributed by atoms with van der Waals surface area (Å²) in [5.74, 6) is 0. The van der Waals surface area contributed by atoms with Crippen molar-refractivity contribution in [3.05, 3.63) is 22.4 Å².